The highest BCUT2D eigenvalue weighted by molar-refractivity contribution is 5.95. The van der Waals surface area contributed by atoms with Crippen LogP contribution in [-0.4, -0.2) is 11.9 Å². The van der Waals surface area contributed by atoms with E-state index in [1.807, 2.05) is 0 Å². The summed E-state index contributed by atoms with van der Waals surface area (Å²) in [5.41, 5.74) is 0.581. The van der Waals surface area contributed by atoms with E-state index in [1.54, 1.807) is 12.1 Å². The molecule has 2 rings (SSSR count). The molecule has 0 bridgehead atoms. The number of carbonyl (C=O) groups excluding carboxylic acids is 2. The normalized spacial score (nSPS) is 14.7. The molecule has 0 unspecified atom stereocenters. The number of carboxylic acid groups (broad SMARTS) is 1. The molecule has 1 aromatic carbocycles. The predicted octanol–water partition coefficient (Wildman–Crippen LogP) is 0.399. The van der Waals surface area contributed by atoms with Gasteiger partial charge in [0.05, 0.1) is 5.97 Å². The Labute approximate surface area is 86.9 Å². The number of carbonyl (C=O) groups is 2. The number of nitrogens with one attached hydrogen (secondary N) is 1. The fraction of sp³-hybridized carbons (Fsp3) is 0.273. The molecule has 1 aliphatic carbocycles. The molecule has 4 heteroatoms. The van der Waals surface area contributed by atoms with Crippen LogP contribution in [0.1, 0.15) is 23.2 Å². The lowest BCUT2D eigenvalue weighted by Gasteiger charge is -2.07. The van der Waals surface area contributed by atoms with Crippen LogP contribution in [0, 0.1) is 5.92 Å². The third-order valence-corrected chi connectivity index (χ3v) is 2.31. The Morgan fingerprint density at radius 1 is 1.33 bits per heavy atom. The number of carboxylic acids is 1. The van der Waals surface area contributed by atoms with Gasteiger partial charge >= 0.3 is 0 Å². The lowest BCUT2D eigenvalue weighted by molar-refractivity contribution is -0.255. The first-order valence-corrected chi connectivity index (χ1v) is 4.79. The predicted molar refractivity (Wildman–Crippen MR) is 52.1 cm³/mol. The molecule has 0 heterocycles. The quantitative estimate of drug-likeness (QED) is 0.774. The van der Waals surface area contributed by atoms with Gasteiger partial charge in [0.25, 0.3) is 0 Å². The molecule has 0 aromatic heterocycles. The Kier molecular flexibility index (Phi) is 2.41. The van der Waals surface area contributed by atoms with Gasteiger partial charge in [-0.1, -0.05) is 12.1 Å². The highest BCUT2D eigenvalue weighted by atomic mass is 16.4. The summed E-state index contributed by atoms with van der Waals surface area (Å²) in [5.74, 6) is -1.17. The topological polar surface area (TPSA) is 69.2 Å². The largest absolute Gasteiger partial charge is 0.545 e. The van der Waals surface area contributed by atoms with Gasteiger partial charge in [0.15, 0.2) is 0 Å². The molecular formula is C11H10NO3-. The van der Waals surface area contributed by atoms with Crippen molar-refractivity contribution >= 4 is 17.6 Å². The van der Waals surface area contributed by atoms with Crippen LogP contribution in [0.25, 0.3) is 0 Å². The maximum Gasteiger partial charge on any atom is 0.227 e. The summed E-state index contributed by atoms with van der Waals surface area (Å²) in [6, 6.07) is 6.07. The van der Waals surface area contributed by atoms with Gasteiger partial charge in [0.1, 0.15) is 0 Å². The average molecular weight is 204 g/mol. The summed E-state index contributed by atoms with van der Waals surface area (Å²) in [7, 11) is 0. The first kappa shape index (κ1) is 9.71. The summed E-state index contributed by atoms with van der Waals surface area (Å²) in [6.45, 7) is 0. The first-order valence-electron chi connectivity index (χ1n) is 4.79. The zero-order chi connectivity index (χ0) is 10.8. The Morgan fingerprint density at radius 3 is 2.67 bits per heavy atom. The zero-order valence-corrected chi connectivity index (χ0v) is 8.03. The van der Waals surface area contributed by atoms with Crippen LogP contribution in [0.3, 0.4) is 0 Å². The highest BCUT2D eigenvalue weighted by Crippen LogP contribution is 2.30. The van der Waals surface area contributed by atoms with Crippen molar-refractivity contribution in [3.63, 3.8) is 0 Å². The van der Waals surface area contributed by atoms with E-state index in [0.717, 1.165) is 12.8 Å². The minimum absolute atomic E-state index is 0.0366. The van der Waals surface area contributed by atoms with Crippen LogP contribution in [0.4, 0.5) is 5.69 Å². The van der Waals surface area contributed by atoms with Crippen molar-refractivity contribution in [2.75, 3.05) is 5.32 Å². The first-order chi connectivity index (χ1) is 7.16. The Hall–Kier alpha value is -1.84. The lowest BCUT2D eigenvalue weighted by atomic mass is 10.2. The van der Waals surface area contributed by atoms with E-state index >= 15 is 0 Å². The number of hydrogen-bond acceptors (Lipinski definition) is 3. The van der Waals surface area contributed by atoms with E-state index < -0.39 is 5.97 Å². The third kappa shape index (κ3) is 2.34. The summed E-state index contributed by atoms with van der Waals surface area (Å²) in [6.07, 6.45) is 1.85. The standard InChI is InChI=1S/C11H11NO3/c13-10(7-4-5-7)12-9-3-1-2-8(6-9)11(14)15/h1-3,6-7H,4-5H2,(H,12,13)(H,14,15)/p-1. The molecule has 1 saturated carbocycles. The molecule has 1 fully saturated rings. The molecule has 0 radical (unpaired) electrons. The fourth-order valence-electron chi connectivity index (χ4n) is 1.31. The van der Waals surface area contributed by atoms with Gasteiger partial charge in [0.2, 0.25) is 5.91 Å². The van der Waals surface area contributed by atoms with Crippen LogP contribution < -0.4 is 10.4 Å². The van der Waals surface area contributed by atoms with Gasteiger partial charge in [-0.05, 0) is 30.5 Å². The molecule has 1 aliphatic rings. The lowest BCUT2D eigenvalue weighted by Crippen LogP contribution is -2.22. The second-order valence-corrected chi connectivity index (χ2v) is 3.63. The maximum atomic E-state index is 11.4. The van der Waals surface area contributed by atoms with Crippen molar-refractivity contribution in [2.45, 2.75) is 12.8 Å². The van der Waals surface area contributed by atoms with Gasteiger partial charge < -0.3 is 15.2 Å². The molecule has 1 aromatic rings. The van der Waals surface area contributed by atoms with Crippen LogP contribution in [0.2, 0.25) is 0 Å². The number of aromatic carboxylic acids is 1. The van der Waals surface area contributed by atoms with Gasteiger partial charge in [-0.2, -0.15) is 0 Å². The molecule has 1 amide bonds. The van der Waals surface area contributed by atoms with E-state index in [2.05, 4.69) is 5.32 Å². The number of anilines is 1. The second-order valence-electron chi connectivity index (χ2n) is 3.63. The molecule has 0 spiro atoms. The molecular weight excluding hydrogens is 194 g/mol. The minimum atomic E-state index is -1.24. The van der Waals surface area contributed by atoms with Crippen molar-refractivity contribution < 1.29 is 14.7 Å². The van der Waals surface area contributed by atoms with Crippen molar-refractivity contribution in [3.8, 4) is 0 Å². The molecule has 78 valence electrons. The summed E-state index contributed by atoms with van der Waals surface area (Å²) in [5, 5.41) is 13.2. The van der Waals surface area contributed by atoms with Crippen molar-refractivity contribution in [2.24, 2.45) is 5.92 Å². The number of amides is 1. The minimum Gasteiger partial charge on any atom is -0.545 e. The van der Waals surface area contributed by atoms with Gasteiger partial charge in [-0.25, -0.2) is 0 Å². The van der Waals surface area contributed by atoms with Crippen molar-refractivity contribution in [1.29, 1.82) is 0 Å². The number of rotatable bonds is 3. The van der Waals surface area contributed by atoms with Crippen LogP contribution in [0.5, 0.6) is 0 Å². The summed E-state index contributed by atoms with van der Waals surface area (Å²) >= 11 is 0. The Bertz CT molecular complexity index is 410. The van der Waals surface area contributed by atoms with Crippen LogP contribution in [0.15, 0.2) is 24.3 Å². The van der Waals surface area contributed by atoms with Crippen molar-refractivity contribution in [1.82, 2.24) is 0 Å². The maximum absolute atomic E-state index is 11.4. The van der Waals surface area contributed by atoms with E-state index in [4.69, 9.17) is 0 Å². The Morgan fingerprint density at radius 2 is 2.07 bits per heavy atom. The highest BCUT2D eigenvalue weighted by Gasteiger charge is 2.29. The fourth-order valence-corrected chi connectivity index (χ4v) is 1.31. The summed E-state index contributed by atoms with van der Waals surface area (Å²) < 4.78 is 0. The molecule has 1 N–H and O–H groups in total. The van der Waals surface area contributed by atoms with E-state index in [9.17, 15) is 14.7 Å². The van der Waals surface area contributed by atoms with E-state index in [-0.39, 0.29) is 17.4 Å². The average Bonchev–Trinajstić information content (AvgIpc) is 3.01. The molecule has 4 nitrogen and oxygen atoms in total. The van der Waals surface area contributed by atoms with Gasteiger partial charge in [0, 0.05) is 11.6 Å². The second kappa shape index (κ2) is 3.73. The van der Waals surface area contributed by atoms with Gasteiger partial charge in [-0.15, -0.1) is 0 Å². The van der Waals surface area contributed by atoms with Crippen molar-refractivity contribution in [3.05, 3.63) is 29.8 Å². The van der Waals surface area contributed by atoms with Crippen LogP contribution >= 0.6 is 0 Å². The molecule has 0 atom stereocenters. The van der Waals surface area contributed by atoms with Gasteiger partial charge in [-0.3, -0.25) is 4.79 Å². The van der Waals surface area contributed by atoms with Crippen LogP contribution in [-0.2, 0) is 4.79 Å². The number of hydrogen-bond donors (Lipinski definition) is 1. The van der Waals surface area contributed by atoms with E-state index in [1.165, 1.54) is 12.1 Å². The monoisotopic (exact) mass is 204 g/mol. The SMILES string of the molecule is O=C([O-])c1cccc(NC(=O)C2CC2)c1. The number of benzene rings is 1. The molecule has 0 saturated heterocycles. The Balaban J connectivity index is 2.10. The smallest absolute Gasteiger partial charge is 0.227 e. The summed E-state index contributed by atoms with van der Waals surface area (Å²) in [4.78, 5) is 21.9. The third-order valence-electron chi connectivity index (χ3n) is 2.31. The molecule has 15 heavy (non-hydrogen) atoms. The van der Waals surface area contributed by atoms with E-state index in [0.29, 0.717) is 5.69 Å². The molecule has 0 aliphatic heterocycles. The zero-order valence-electron chi connectivity index (χ0n) is 8.03.